The van der Waals surface area contributed by atoms with Crippen molar-refractivity contribution in [2.75, 3.05) is 5.75 Å². The number of nitrogens with zero attached hydrogens (tertiary/aromatic N) is 2. The van der Waals surface area contributed by atoms with Gasteiger partial charge in [0.05, 0.1) is 5.56 Å². The van der Waals surface area contributed by atoms with Gasteiger partial charge in [-0.3, -0.25) is 9.78 Å². The van der Waals surface area contributed by atoms with Gasteiger partial charge >= 0.3 is 12.1 Å². The van der Waals surface area contributed by atoms with Crippen LogP contribution in [0.4, 0.5) is 13.2 Å². The number of hydrogen-bond acceptors (Lipinski definition) is 6. The van der Waals surface area contributed by atoms with Gasteiger partial charge < -0.3 is 14.8 Å². The van der Waals surface area contributed by atoms with Gasteiger partial charge in [-0.1, -0.05) is 60.7 Å². The Morgan fingerprint density at radius 1 is 0.860 bits per heavy atom. The third kappa shape index (κ3) is 7.31. The van der Waals surface area contributed by atoms with Gasteiger partial charge in [0.15, 0.2) is 11.5 Å². The summed E-state index contributed by atoms with van der Waals surface area (Å²) >= 11 is 1.35. The van der Waals surface area contributed by atoms with E-state index in [0.29, 0.717) is 11.3 Å². The number of oxazole rings is 1. The van der Waals surface area contributed by atoms with Crippen molar-refractivity contribution in [2.45, 2.75) is 18.0 Å². The standard InChI is InChI=1S/C32H24F3N3O4S/c33-32(34,35)25-14-12-23(13-15-25)30-38-27(28(42-30)22-10-8-21(9-11-22)24-7-4-16-36-17-24)29(39)37-26(31(40)41)19-43-18-20-5-2-1-3-6-20/h1-17,26H,18-19H2,(H,37,39)(H,40,41). The van der Waals surface area contributed by atoms with Gasteiger partial charge in [0.1, 0.15) is 6.04 Å². The zero-order chi connectivity index (χ0) is 30.4. The maximum absolute atomic E-state index is 13.4. The van der Waals surface area contributed by atoms with E-state index in [-0.39, 0.29) is 28.7 Å². The van der Waals surface area contributed by atoms with Crippen molar-refractivity contribution >= 4 is 23.6 Å². The molecule has 0 saturated carbocycles. The summed E-state index contributed by atoms with van der Waals surface area (Å²) in [6.45, 7) is 0. The fourth-order valence-corrected chi connectivity index (χ4v) is 5.22. The molecule has 2 heterocycles. The largest absolute Gasteiger partial charge is 0.480 e. The number of carbonyl (C=O) groups is 2. The number of carboxylic acids is 1. The van der Waals surface area contributed by atoms with Gasteiger partial charge in [0, 0.05) is 35.0 Å². The smallest absolute Gasteiger partial charge is 0.416 e. The second-order valence-corrected chi connectivity index (χ2v) is 10.5. The maximum Gasteiger partial charge on any atom is 0.416 e. The Labute approximate surface area is 248 Å². The number of rotatable bonds is 10. The number of carbonyl (C=O) groups excluding carboxylic acids is 1. The molecule has 5 aromatic rings. The normalized spacial score (nSPS) is 12.1. The molecule has 0 fully saturated rings. The van der Waals surface area contributed by atoms with Gasteiger partial charge in [-0.25, -0.2) is 9.78 Å². The van der Waals surface area contributed by atoms with E-state index in [0.717, 1.165) is 28.8 Å². The molecule has 7 nitrogen and oxygen atoms in total. The molecule has 2 N–H and O–H groups in total. The van der Waals surface area contributed by atoms with Crippen LogP contribution in [0, 0.1) is 0 Å². The minimum absolute atomic E-state index is 0.0474. The zero-order valence-corrected chi connectivity index (χ0v) is 23.2. The lowest BCUT2D eigenvalue weighted by Crippen LogP contribution is -2.42. The first-order valence-electron chi connectivity index (χ1n) is 13.0. The van der Waals surface area contributed by atoms with E-state index < -0.39 is 29.7 Å². The molecule has 0 aliphatic carbocycles. The molecule has 0 radical (unpaired) electrons. The summed E-state index contributed by atoms with van der Waals surface area (Å²) in [5.41, 5.74) is 2.38. The number of hydrogen-bond donors (Lipinski definition) is 2. The van der Waals surface area contributed by atoms with Gasteiger partial charge in [-0.2, -0.15) is 24.9 Å². The number of nitrogens with one attached hydrogen (secondary N) is 1. The van der Waals surface area contributed by atoms with Crippen molar-refractivity contribution in [3.05, 3.63) is 120 Å². The highest BCUT2D eigenvalue weighted by Gasteiger charge is 2.31. The van der Waals surface area contributed by atoms with Crippen LogP contribution in [0.3, 0.4) is 0 Å². The van der Waals surface area contributed by atoms with Gasteiger partial charge in [-0.05, 0) is 47.0 Å². The molecule has 0 spiro atoms. The fraction of sp³-hybridized carbons (Fsp3) is 0.125. The van der Waals surface area contributed by atoms with Crippen molar-refractivity contribution in [2.24, 2.45) is 0 Å². The zero-order valence-electron chi connectivity index (χ0n) is 22.4. The van der Waals surface area contributed by atoms with Crippen LogP contribution < -0.4 is 5.32 Å². The second-order valence-electron chi connectivity index (χ2n) is 9.46. The van der Waals surface area contributed by atoms with Crippen molar-refractivity contribution in [1.82, 2.24) is 15.3 Å². The summed E-state index contributed by atoms with van der Waals surface area (Å²) in [5.74, 6) is -1.41. The first-order chi connectivity index (χ1) is 20.7. The predicted molar refractivity (Wildman–Crippen MR) is 157 cm³/mol. The molecule has 5 rings (SSSR count). The van der Waals surface area contributed by atoms with Crippen molar-refractivity contribution in [3.8, 4) is 33.9 Å². The molecule has 3 aromatic carbocycles. The summed E-state index contributed by atoms with van der Waals surface area (Å²) in [7, 11) is 0. The molecule has 0 aliphatic rings. The molecule has 218 valence electrons. The molecule has 2 aromatic heterocycles. The first kappa shape index (κ1) is 29.6. The highest BCUT2D eigenvalue weighted by Crippen LogP contribution is 2.34. The quantitative estimate of drug-likeness (QED) is 0.174. The summed E-state index contributed by atoms with van der Waals surface area (Å²) < 4.78 is 45.2. The van der Waals surface area contributed by atoms with Crippen LogP contribution in [0.25, 0.3) is 33.9 Å². The van der Waals surface area contributed by atoms with Crippen LogP contribution in [0.2, 0.25) is 0 Å². The van der Waals surface area contributed by atoms with Crippen LogP contribution in [-0.2, 0) is 16.7 Å². The summed E-state index contributed by atoms with van der Waals surface area (Å²) in [6, 6.07) is 23.2. The molecule has 1 amide bonds. The maximum atomic E-state index is 13.4. The van der Waals surface area contributed by atoms with E-state index in [1.807, 2.05) is 36.4 Å². The minimum atomic E-state index is -4.52. The number of halogens is 3. The molecule has 1 unspecified atom stereocenters. The lowest BCUT2D eigenvalue weighted by molar-refractivity contribution is -0.139. The molecule has 1 atom stereocenters. The van der Waals surface area contributed by atoms with Gasteiger partial charge in [-0.15, -0.1) is 0 Å². The Hall–Kier alpha value is -4.90. The van der Waals surface area contributed by atoms with Crippen LogP contribution in [0.5, 0.6) is 0 Å². The number of aromatic nitrogens is 2. The SMILES string of the molecule is O=C(NC(CSCc1ccccc1)C(=O)O)c1nc(-c2ccc(C(F)(F)F)cc2)oc1-c1ccc(-c2cccnc2)cc1. The van der Waals surface area contributed by atoms with Gasteiger partial charge in [0.2, 0.25) is 5.89 Å². The van der Waals surface area contributed by atoms with E-state index in [1.165, 1.54) is 23.9 Å². The Morgan fingerprint density at radius 2 is 1.53 bits per heavy atom. The highest BCUT2D eigenvalue weighted by molar-refractivity contribution is 7.98. The van der Waals surface area contributed by atoms with E-state index in [9.17, 15) is 27.9 Å². The second kappa shape index (κ2) is 13.0. The molecular formula is C32H24F3N3O4S. The van der Waals surface area contributed by atoms with Crippen LogP contribution in [0.1, 0.15) is 21.6 Å². The number of alkyl halides is 3. The average molecular weight is 604 g/mol. The first-order valence-corrected chi connectivity index (χ1v) is 14.2. The van der Waals surface area contributed by atoms with Crippen LogP contribution >= 0.6 is 11.8 Å². The lowest BCUT2D eigenvalue weighted by atomic mass is 10.0. The Bertz CT molecular complexity index is 1690. The van der Waals surface area contributed by atoms with Gasteiger partial charge in [0.25, 0.3) is 5.91 Å². The Morgan fingerprint density at radius 3 is 2.16 bits per heavy atom. The molecule has 43 heavy (non-hydrogen) atoms. The highest BCUT2D eigenvalue weighted by atomic mass is 32.2. The molecule has 0 aliphatic heterocycles. The predicted octanol–water partition coefficient (Wildman–Crippen LogP) is 7.21. The Balaban J connectivity index is 1.43. The lowest BCUT2D eigenvalue weighted by Gasteiger charge is -2.14. The van der Waals surface area contributed by atoms with Crippen LogP contribution in [-0.4, -0.2) is 38.7 Å². The number of pyridine rings is 1. The monoisotopic (exact) mass is 603 g/mol. The summed E-state index contributed by atoms with van der Waals surface area (Å²) in [5, 5.41) is 12.3. The van der Waals surface area contributed by atoms with E-state index in [4.69, 9.17) is 4.42 Å². The molecular weight excluding hydrogens is 579 g/mol. The van der Waals surface area contributed by atoms with Crippen LogP contribution in [0.15, 0.2) is 108 Å². The molecule has 0 bridgehead atoms. The number of benzene rings is 3. The van der Waals surface area contributed by atoms with Crippen molar-refractivity contribution in [3.63, 3.8) is 0 Å². The summed E-state index contributed by atoms with van der Waals surface area (Å²) in [4.78, 5) is 33.9. The number of carboxylic acid groups (broad SMARTS) is 1. The summed E-state index contributed by atoms with van der Waals surface area (Å²) in [6.07, 6.45) is -1.16. The van der Waals surface area contributed by atoms with Crippen molar-refractivity contribution in [1.29, 1.82) is 0 Å². The van der Waals surface area contributed by atoms with E-state index in [2.05, 4.69) is 15.3 Å². The minimum Gasteiger partial charge on any atom is -0.480 e. The third-order valence-corrected chi connectivity index (χ3v) is 7.55. The number of amides is 1. The average Bonchev–Trinajstić information content (AvgIpc) is 3.47. The van der Waals surface area contributed by atoms with E-state index in [1.54, 1.807) is 42.7 Å². The fourth-order valence-electron chi connectivity index (χ4n) is 4.21. The Kier molecular flexibility index (Phi) is 8.91. The topological polar surface area (TPSA) is 105 Å². The number of thioether (sulfide) groups is 1. The van der Waals surface area contributed by atoms with E-state index >= 15 is 0 Å². The molecule has 0 saturated heterocycles. The third-order valence-electron chi connectivity index (χ3n) is 6.44. The molecule has 11 heteroatoms. The number of aliphatic carboxylic acids is 1. The van der Waals surface area contributed by atoms with Crippen molar-refractivity contribution < 1.29 is 32.3 Å².